The average Bonchev–Trinajstić information content (AvgIpc) is 2.98. The van der Waals surface area contributed by atoms with Gasteiger partial charge in [-0.25, -0.2) is 4.18 Å². The second-order valence-electron chi connectivity index (χ2n) is 11.1. The molecule has 4 fully saturated rings. The molecule has 7 nitrogen and oxygen atoms in total. The Hall–Kier alpha value is -0.990. The number of ketones is 1. The first-order chi connectivity index (χ1) is 14.3. The van der Waals surface area contributed by atoms with Crippen molar-refractivity contribution in [2.24, 2.45) is 40.4 Å². The maximum Gasteiger partial charge on any atom is 0.397 e. The van der Waals surface area contributed by atoms with Gasteiger partial charge in [0, 0.05) is 18.8 Å². The molecule has 4 aliphatic carbocycles. The minimum Gasteiger partial charge on any atom is -0.462 e. The van der Waals surface area contributed by atoms with Crippen molar-refractivity contribution in [3.8, 4) is 0 Å². The Morgan fingerprint density at radius 3 is 2.19 bits per heavy atom. The monoisotopic (exact) mass is 456 g/mol. The third kappa shape index (κ3) is 3.97. The summed E-state index contributed by atoms with van der Waals surface area (Å²) in [6.07, 6.45) is 5.78. The van der Waals surface area contributed by atoms with Gasteiger partial charge in [0.1, 0.15) is 11.9 Å². The SMILES string of the molecule is CC(=O)O[C@@H]1C[C@@H]2C[C@H](OS(=O)(=O)O)CC[C@]2(C)[C@H]2CC[C@]3(C)[C@@H](C(C)=O)CC[C@H]3[C@H]12. The predicted molar refractivity (Wildman–Crippen MR) is 113 cm³/mol. The molecule has 176 valence electrons. The maximum absolute atomic E-state index is 12.4. The summed E-state index contributed by atoms with van der Waals surface area (Å²) >= 11 is 0. The van der Waals surface area contributed by atoms with Gasteiger partial charge in [-0.15, -0.1) is 0 Å². The number of rotatable bonds is 4. The Bertz CT molecular complexity index is 854. The van der Waals surface area contributed by atoms with Crippen LogP contribution in [0.4, 0.5) is 0 Å². The van der Waals surface area contributed by atoms with Crippen molar-refractivity contribution in [3.63, 3.8) is 0 Å². The first-order valence-corrected chi connectivity index (χ1v) is 13.0. The zero-order valence-electron chi connectivity index (χ0n) is 19.0. The number of ether oxygens (including phenoxy) is 1. The summed E-state index contributed by atoms with van der Waals surface area (Å²) in [6, 6.07) is 0. The fraction of sp³-hybridized carbons (Fsp3) is 0.913. The molecule has 0 aromatic carbocycles. The molecule has 0 saturated heterocycles. The Morgan fingerprint density at radius 1 is 0.935 bits per heavy atom. The van der Waals surface area contributed by atoms with Crippen LogP contribution in [-0.4, -0.2) is 36.9 Å². The number of Topliss-reactive ketones (excluding diaryl/α,β-unsaturated/α-hetero) is 1. The molecule has 9 atom stereocenters. The van der Waals surface area contributed by atoms with E-state index in [-0.39, 0.29) is 46.4 Å². The van der Waals surface area contributed by atoms with Crippen LogP contribution >= 0.6 is 0 Å². The normalized spacial score (nSPS) is 47.1. The third-order valence-electron chi connectivity index (χ3n) is 9.68. The summed E-state index contributed by atoms with van der Waals surface area (Å²) in [5.74, 6) is 1.18. The molecule has 0 aromatic rings. The molecule has 0 aliphatic heterocycles. The maximum atomic E-state index is 12.4. The van der Waals surface area contributed by atoms with Crippen LogP contribution in [0.25, 0.3) is 0 Å². The van der Waals surface area contributed by atoms with Crippen LogP contribution in [0.3, 0.4) is 0 Å². The van der Waals surface area contributed by atoms with Crippen molar-refractivity contribution in [2.45, 2.75) is 91.3 Å². The van der Waals surface area contributed by atoms with Gasteiger partial charge in [-0.1, -0.05) is 13.8 Å². The van der Waals surface area contributed by atoms with Gasteiger partial charge in [0.15, 0.2) is 0 Å². The van der Waals surface area contributed by atoms with E-state index < -0.39 is 16.5 Å². The number of esters is 1. The molecule has 4 saturated carbocycles. The third-order valence-corrected chi connectivity index (χ3v) is 10.2. The van der Waals surface area contributed by atoms with Crippen LogP contribution in [0.1, 0.15) is 79.1 Å². The number of carbonyl (C=O) groups excluding carboxylic acids is 2. The number of hydrogen-bond donors (Lipinski definition) is 1. The summed E-state index contributed by atoms with van der Waals surface area (Å²) in [7, 11) is -4.49. The van der Waals surface area contributed by atoms with Crippen LogP contribution in [0.15, 0.2) is 0 Å². The van der Waals surface area contributed by atoms with Crippen molar-refractivity contribution in [2.75, 3.05) is 0 Å². The molecule has 0 unspecified atom stereocenters. The van der Waals surface area contributed by atoms with Crippen molar-refractivity contribution in [1.82, 2.24) is 0 Å². The quantitative estimate of drug-likeness (QED) is 0.504. The van der Waals surface area contributed by atoms with E-state index in [0.717, 1.165) is 32.1 Å². The highest BCUT2D eigenvalue weighted by Crippen LogP contribution is 2.68. The molecule has 0 heterocycles. The van der Waals surface area contributed by atoms with Crippen molar-refractivity contribution >= 4 is 22.2 Å². The highest BCUT2D eigenvalue weighted by atomic mass is 32.3. The van der Waals surface area contributed by atoms with E-state index in [1.807, 2.05) is 0 Å². The smallest absolute Gasteiger partial charge is 0.397 e. The molecular weight excluding hydrogens is 420 g/mol. The molecule has 1 N–H and O–H groups in total. The van der Waals surface area contributed by atoms with E-state index in [0.29, 0.717) is 31.1 Å². The van der Waals surface area contributed by atoms with Crippen molar-refractivity contribution < 1.29 is 31.5 Å². The fourth-order valence-electron chi connectivity index (χ4n) is 8.42. The van der Waals surface area contributed by atoms with Gasteiger partial charge in [-0.3, -0.25) is 14.1 Å². The summed E-state index contributed by atoms with van der Waals surface area (Å²) in [6.45, 7) is 7.73. The van der Waals surface area contributed by atoms with E-state index >= 15 is 0 Å². The second-order valence-corrected chi connectivity index (χ2v) is 12.1. The van der Waals surface area contributed by atoms with E-state index in [9.17, 15) is 18.0 Å². The molecule has 0 bridgehead atoms. The standard InChI is InChI=1S/C23H36O7S/c1-13(24)17-5-6-18-21-19(8-10-23(17,18)4)22(3)9-7-16(30-31(26,27)28)11-15(22)12-20(21)29-14(2)25/h15-21H,5-12H2,1-4H3,(H,26,27,28)/t15-,16+,17+,18-,19-,20+,21-,22-,23+/m0/s1. The minimum atomic E-state index is -4.49. The van der Waals surface area contributed by atoms with Crippen LogP contribution < -0.4 is 0 Å². The molecule has 0 amide bonds. The Morgan fingerprint density at radius 2 is 1.58 bits per heavy atom. The van der Waals surface area contributed by atoms with Crippen LogP contribution in [0.2, 0.25) is 0 Å². The largest absolute Gasteiger partial charge is 0.462 e. The second kappa shape index (κ2) is 7.80. The lowest BCUT2D eigenvalue weighted by molar-refractivity contribution is -0.192. The Labute approximate surface area is 185 Å². The molecule has 4 aliphatic rings. The Balaban J connectivity index is 1.65. The molecule has 8 heteroatoms. The number of carbonyl (C=O) groups is 2. The summed E-state index contributed by atoms with van der Waals surface area (Å²) in [5, 5.41) is 0. The lowest BCUT2D eigenvalue weighted by atomic mass is 9.44. The molecular formula is C23H36O7S. The van der Waals surface area contributed by atoms with E-state index in [1.165, 1.54) is 6.92 Å². The lowest BCUT2D eigenvalue weighted by Crippen LogP contribution is -2.59. The highest BCUT2D eigenvalue weighted by Gasteiger charge is 2.64. The number of fused-ring (bicyclic) bond motifs is 5. The van der Waals surface area contributed by atoms with Crippen molar-refractivity contribution in [3.05, 3.63) is 0 Å². The van der Waals surface area contributed by atoms with Gasteiger partial charge in [-0.2, -0.15) is 8.42 Å². The fourth-order valence-corrected chi connectivity index (χ4v) is 8.94. The lowest BCUT2D eigenvalue weighted by Gasteiger charge is -2.62. The van der Waals surface area contributed by atoms with Gasteiger partial charge >= 0.3 is 16.4 Å². The van der Waals surface area contributed by atoms with Crippen LogP contribution in [0, 0.1) is 40.4 Å². The Kier molecular flexibility index (Phi) is 5.83. The molecule has 4 rings (SSSR count). The van der Waals surface area contributed by atoms with Gasteiger partial charge in [0.2, 0.25) is 0 Å². The van der Waals surface area contributed by atoms with Gasteiger partial charge in [0.05, 0.1) is 6.10 Å². The zero-order valence-corrected chi connectivity index (χ0v) is 19.8. The van der Waals surface area contributed by atoms with E-state index in [2.05, 4.69) is 13.8 Å². The van der Waals surface area contributed by atoms with E-state index in [4.69, 9.17) is 13.5 Å². The van der Waals surface area contributed by atoms with Gasteiger partial charge in [-0.05, 0) is 86.9 Å². The highest BCUT2D eigenvalue weighted by molar-refractivity contribution is 7.80. The molecule has 0 radical (unpaired) electrons. The summed E-state index contributed by atoms with van der Waals surface area (Å²) in [5.41, 5.74) is -0.0318. The van der Waals surface area contributed by atoms with Crippen LogP contribution in [0.5, 0.6) is 0 Å². The summed E-state index contributed by atoms with van der Waals surface area (Å²) in [4.78, 5) is 24.4. The first kappa shape index (κ1) is 23.2. The molecule has 0 aromatic heterocycles. The van der Waals surface area contributed by atoms with E-state index in [1.54, 1.807) is 6.92 Å². The zero-order chi connectivity index (χ0) is 22.8. The number of hydrogen-bond acceptors (Lipinski definition) is 6. The topological polar surface area (TPSA) is 107 Å². The van der Waals surface area contributed by atoms with Gasteiger partial charge < -0.3 is 4.74 Å². The predicted octanol–water partition coefficient (Wildman–Crippen LogP) is 3.96. The minimum absolute atomic E-state index is 0.00995. The molecule has 31 heavy (non-hydrogen) atoms. The van der Waals surface area contributed by atoms with Crippen LogP contribution in [-0.2, 0) is 28.9 Å². The first-order valence-electron chi connectivity index (χ1n) is 11.7. The average molecular weight is 457 g/mol. The van der Waals surface area contributed by atoms with Crippen molar-refractivity contribution in [1.29, 1.82) is 0 Å². The molecule has 0 spiro atoms. The summed E-state index contributed by atoms with van der Waals surface area (Å²) < 4.78 is 42.5. The van der Waals surface area contributed by atoms with Gasteiger partial charge in [0.25, 0.3) is 0 Å².